The highest BCUT2D eigenvalue weighted by molar-refractivity contribution is 7.85. The quantitative estimate of drug-likeness (QED) is 0.761. The lowest BCUT2D eigenvalue weighted by atomic mass is 10.1. The molecule has 2 heterocycles. The van der Waals surface area contributed by atoms with Crippen molar-refractivity contribution in [1.29, 1.82) is 0 Å². The molecule has 0 spiro atoms. The highest BCUT2D eigenvalue weighted by Crippen LogP contribution is 2.29. The average Bonchev–Trinajstić information content (AvgIpc) is 2.94. The minimum absolute atomic E-state index is 0.0362. The van der Waals surface area contributed by atoms with Crippen molar-refractivity contribution in [3.05, 3.63) is 28.9 Å². The topological polar surface area (TPSA) is 56.5 Å². The normalized spacial score (nSPS) is 20.8. The molecule has 1 aromatic heterocycles. The van der Waals surface area contributed by atoms with E-state index in [1.54, 1.807) is 12.4 Å². The molecule has 1 saturated heterocycles. The summed E-state index contributed by atoms with van der Waals surface area (Å²) < 4.78 is 23.6. The first-order valence-corrected chi connectivity index (χ1v) is 9.59. The number of aromatic nitrogens is 2. The zero-order chi connectivity index (χ0) is 17.3. The summed E-state index contributed by atoms with van der Waals surface area (Å²) >= 11 is 6.34. The lowest BCUT2D eigenvalue weighted by Crippen LogP contribution is -2.19. The molecule has 0 radical (unpaired) electrons. The van der Waals surface area contributed by atoms with Gasteiger partial charge in [0.25, 0.3) is 0 Å². The Balaban J connectivity index is 1.95. The minimum atomic E-state index is -1.32. The fourth-order valence-corrected chi connectivity index (χ4v) is 3.34. The Labute approximate surface area is 149 Å². The molecule has 1 aliphatic rings. The standard InChI is InChI=1S/C17H22ClN3O2S/c1-17(2,3)24(22)20-11-12-9-15-13(8-14(12)18)10-19-21(15)16-6-4-5-7-23-16/h8-11,16H,4-7H2,1-3H3. The fourth-order valence-electron chi connectivity index (χ4n) is 2.59. The molecule has 5 nitrogen and oxygen atoms in total. The monoisotopic (exact) mass is 367 g/mol. The van der Waals surface area contributed by atoms with Crippen LogP contribution in [-0.2, 0) is 15.7 Å². The number of fused-ring (bicyclic) bond motifs is 1. The third-order valence-corrected chi connectivity index (χ3v) is 5.63. The molecule has 2 unspecified atom stereocenters. The Bertz CT molecular complexity index is 789. The zero-order valence-electron chi connectivity index (χ0n) is 14.2. The largest absolute Gasteiger partial charge is 0.356 e. The fraction of sp³-hybridized carbons (Fsp3) is 0.529. The Morgan fingerprint density at radius 1 is 1.42 bits per heavy atom. The van der Waals surface area contributed by atoms with E-state index in [4.69, 9.17) is 16.3 Å². The maximum absolute atomic E-state index is 12.1. The molecule has 0 N–H and O–H groups in total. The van der Waals surface area contributed by atoms with Crippen molar-refractivity contribution in [1.82, 2.24) is 9.78 Å². The van der Waals surface area contributed by atoms with Gasteiger partial charge >= 0.3 is 0 Å². The number of hydrogen-bond acceptors (Lipinski definition) is 3. The van der Waals surface area contributed by atoms with Crippen LogP contribution in [0.25, 0.3) is 10.9 Å². The number of benzene rings is 1. The molecule has 0 bridgehead atoms. The molecule has 0 aliphatic carbocycles. The molecular formula is C17H22ClN3O2S. The van der Waals surface area contributed by atoms with Crippen molar-refractivity contribution in [3.63, 3.8) is 0 Å². The van der Waals surface area contributed by atoms with Crippen LogP contribution in [0.1, 0.15) is 51.8 Å². The van der Waals surface area contributed by atoms with E-state index in [2.05, 4.69) is 9.50 Å². The van der Waals surface area contributed by atoms with Crippen LogP contribution >= 0.6 is 11.6 Å². The number of nitrogens with zero attached hydrogens (tertiary/aromatic N) is 3. The molecule has 130 valence electrons. The first-order valence-electron chi connectivity index (χ1n) is 8.11. The molecule has 0 saturated carbocycles. The molecule has 1 aliphatic heterocycles. The van der Waals surface area contributed by atoms with Gasteiger partial charge < -0.3 is 4.74 Å². The molecular weight excluding hydrogens is 346 g/mol. The smallest absolute Gasteiger partial charge is 0.150 e. The van der Waals surface area contributed by atoms with E-state index in [1.807, 2.05) is 37.6 Å². The summed E-state index contributed by atoms with van der Waals surface area (Å²) in [6, 6.07) is 3.80. The van der Waals surface area contributed by atoms with Gasteiger partial charge in [0.15, 0.2) is 6.23 Å². The predicted octanol–water partition coefficient (Wildman–Crippen LogP) is 4.27. The van der Waals surface area contributed by atoms with Gasteiger partial charge in [-0.2, -0.15) is 9.50 Å². The summed E-state index contributed by atoms with van der Waals surface area (Å²) in [5.74, 6) is 0. The van der Waals surface area contributed by atoms with Gasteiger partial charge in [-0.15, -0.1) is 0 Å². The van der Waals surface area contributed by atoms with E-state index in [9.17, 15) is 4.21 Å². The highest BCUT2D eigenvalue weighted by Gasteiger charge is 2.20. The second-order valence-corrected chi connectivity index (χ2v) is 9.28. The van der Waals surface area contributed by atoms with Crippen LogP contribution in [0.5, 0.6) is 0 Å². The summed E-state index contributed by atoms with van der Waals surface area (Å²) in [4.78, 5) is 0. The van der Waals surface area contributed by atoms with Gasteiger partial charge in [-0.1, -0.05) is 11.6 Å². The molecule has 2 atom stereocenters. The van der Waals surface area contributed by atoms with Crippen molar-refractivity contribution in [2.45, 2.75) is 51.0 Å². The summed E-state index contributed by atoms with van der Waals surface area (Å²) in [5, 5.41) is 6.00. The number of rotatable bonds is 3. The van der Waals surface area contributed by atoms with Crippen LogP contribution in [0.3, 0.4) is 0 Å². The molecule has 1 fully saturated rings. The molecule has 3 rings (SSSR count). The van der Waals surface area contributed by atoms with Crippen LogP contribution in [0.15, 0.2) is 22.7 Å². The van der Waals surface area contributed by atoms with Crippen LogP contribution in [0.2, 0.25) is 5.02 Å². The van der Waals surface area contributed by atoms with E-state index in [0.717, 1.165) is 42.3 Å². The minimum Gasteiger partial charge on any atom is -0.356 e. The highest BCUT2D eigenvalue weighted by atomic mass is 35.5. The molecule has 0 amide bonds. The van der Waals surface area contributed by atoms with Gasteiger partial charge in [0.2, 0.25) is 0 Å². The maximum atomic E-state index is 12.1. The van der Waals surface area contributed by atoms with Crippen LogP contribution in [-0.4, -0.2) is 31.6 Å². The molecule has 2 aromatic rings. The van der Waals surface area contributed by atoms with Crippen molar-refractivity contribution in [2.24, 2.45) is 4.40 Å². The van der Waals surface area contributed by atoms with Crippen LogP contribution in [0, 0.1) is 0 Å². The summed E-state index contributed by atoms with van der Waals surface area (Å²) in [6.45, 7) is 6.43. The molecule has 7 heteroatoms. The van der Waals surface area contributed by atoms with E-state index < -0.39 is 15.7 Å². The number of ether oxygens (including phenoxy) is 1. The zero-order valence-corrected chi connectivity index (χ0v) is 15.7. The van der Waals surface area contributed by atoms with E-state index in [1.165, 1.54) is 0 Å². The van der Waals surface area contributed by atoms with Crippen molar-refractivity contribution in [3.8, 4) is 0 Å². The third-order valence-electron chi connectivity index (χ3n) is 3.95. The van der Waals surface area contributed by atoms with Gasteiger partial charge in [-0.05, 0) is 52.2 Å². The first kappa shape index (κ1) is 17.6. The lowest BCUT2D eigenvalue weighted by molar-refractivity contribution is -0.0366. The summed E-state index contributed by atoms with van der Waals surface area (Å²) in [7, 11) is -1.32. The maximum Gasteiger partial charge on any atom is 0.150 e. The van der Waals surface area contributed by atoms with Crippen LogP contribution < -0.4 is 0 Å². The van der Waals surface area contributed by atoms with Crippen molar-refractivity contribution < 1.29 is 8.95 Å². The number of halogens is 1. The van der Waals surface area contributed by atoms with Gasteiger partial charge in [0.05, 0.1) is 21.5 Å². The van der Waals surface area contributed by atoms with E-state index in [0.29, 0.717) is 5.02 Å². The van der Waals surface area contributed by atoms with Crippen LogP contribution in [0.4, 0.5) is 0 Å². The predicted molar refractivity (Wildman–Crippen MR) is 99.1 cm³/mol. The van der Waals surface area contributed by atoms with Crippen molar-refractivity contribution >= 4 is 39.7 Å². The third kappa shape index (κ3) is 3.71. The van der Waals surface area contributed by atoms with Gasteiger partial charge in [-0.3, -0.25) is 0 Å². The Kier molecular flexibility index (Phi) is 5.08. The van der Waals surface area contributed by atoms with Crippen molar-refractivity contribution in [2.75, 3.05) is 6.61 Å². The Hall–Kier alpha value is -1.24. The van der Waals surface area contributed by atoms with E-state index in [-0.39, 0.29) is 6.23 Å². The van der Waals surface area contributed by atoms with Gasteiger partial charge in [0, 0.05) is 23.8 Å². The number of hydrogen-bond donors (Lipinski definition) is 0. The summed E-state index contributed by atoms with van der Waals surface area (Å²) in [5.41, 5.74) is 1.69. The molecule has 1 aromatic carbocycles. The average molecular weight is 368 g/mol. The summed E-state index contributed by atoms with van der Waals surface area (Å²) in [6.07, 6.45) is 6.54. The Morgan fingerprint density at radius 2 is 2.21 bits per heavy atom. The molecule has 24 heavy (non-hydrogen) atoms. The first-order chi connectivity index (χ1) is 11.4. The van der Waals surface area contributed by atoms with E-state index >= 15 is 0 Å². The second kappa shape index (κ2) is 6.94. The van der Waals surface area contributed by atoms with Gasteiger partial charge in [-0.25, -0.2) is 8.89 Å². The second-order valence-electron chi connectivity index (χ2n) is 6.94. The lowest BCUT2D eigenvalue weighted by Gasteiger charge is -2.23. The SMILES string of the molecule is CC(C)(C)S(=O)N=Cc1cc2c(cnn2C2CCCCO2)cc1Cl. The Morgan fingerprint density at radius 3 is 2.88 bits per heavy atom. The van der Waals surface area contributed by atoms with Gasteiger partial charge in [0.1, 0.15) is 11.0 Å².